The van der Waals surface area contributed by atoms with Crippen LogP contribution in [0.25, 0.3) is 12.2 Å². The van der Waals surface area contributed by atoms with Crippen LogP contribution in [0.3, 0.4) is 0 Å². The summed E-state index contributed by atoms with van der Waals surface area (Å²) in [6.45, 7) is 0. The molecule has 0 atom stereocenters. The van der Waals surface area contributed by atoms with Gasteiger partial charge in [0, 0.05) is 35.6 Å². The fraction of sp³-hybridized carbons (Fsp3) is 0.0435. The predicted octanol–water partition coefficient (Wildman–Crippen LogP) is 8.88. The summed E-state index contributed by atoms with van der Waals surface area (Å²) < 4.78 is 71.8. The van der Waals surface area contributed by atoms with Crippen molar-refractivity contribution in [3.05, 3.63) is 192 Å². The molecule has 0 aliphatic rings. The van der Waals surface area contributed by atoms with E-state index in [1.807, 2.05) is 121 Å². The second-order valence-electron chi connectivity index (χ2n) is 14.1. The van der Waals surface area contributed by atoms with E-state index in [0.717, 1.165) is 11.3 Å². The third-order valence-electron chi connectivity index (χ3n) is 9.37. The fourth-order valence-corrected chi connectivity index (χ4v) is 7.91. The van der Waals surface area contributed by atoms with Crippen LogP contribution in [0.2, 0.25) is 0 Å². The first kappa shape index (κ1) is 42.8. The van der Waals surface area contributed by atoms with Gasteiger partial charge in [-0.2, -0.15) is 41.8 Å². The van der Waals surface area contributed by atoms with E-state index < -0.39 is 30.0 Å². The predicted molar refractivity (Wildman–Crippen MR) is 246 cm³/mol. The lowest BCUT2D eigenvalue weighted by atomic mass is 10.1. The zero-order valence-corrected chi connectivity index (χ0v) is 35.2. The van der Waals surface area contributed by atoms with Crippen molar-refractivity contribution in [2.75, 3.05) is 21.3 Å². The summed E-state index contributed by atoms with van der Waals surface area (Å²) in [7, 11) is -9.64. The molecule has 0 spiro atoms. The number of rotatable bonds is 16. The highest BCUT2D eigenvalue weighted by atomic mass is 32.2. The Hall–Kier alpha value is -7.90. The normalized spacial score (nSPS) is 11.6. The quantitative estimate of drug-likeness (QED) is 0.0392. The molecule has 8 aromatic rings. The minimum Gasteiger partial charge on any atom is -0.324 e. The Bertz CT molecular complexity index is 2840. The molecule has 2 heterocycles. The molecule has 0 radical (unpaired) electrons. The average Bonchev–Trinajstić information content (AvgIpc) is 3.27. The third kappa shape index (κ3) is 11.5. The standard InChI is InChI=1S/C46H38N10O6S2/c57-63(58,59)39-27-32(29-42-51-41(28-31-13-5-1-6-14-31)52-43(53-42)47-35-15-7-2-8-16-35)21-22-33(39)23-24-34-25-26-38(30-40(34)64(60,61)62)50-46-55-44(48-36-17-9-3-10-18-36)54-45(56-46)49-37-19-11-4-12-20-37/h1-27,30H,28-29H2,(H,57,58,59)(H,60,61,62)(H,47,51,52,53)(H3,48,49,50,54,55,56)/b24-23+. The Morgan fingerprint density at radius 1 is 0.391 bits per heavy atom. The van der Waals surface area contributed by atoms with Crippen LogP contribution in [0.1, 0.15) is 33.9 Å². The number of para-hydroxylation sites is 3. The van der Waals surface area contributed by atoms with Crippen molar-refractivity contribution >= 4 is 78.9 Å². The fourth-order valence-electron chi connectivity index (χ4n) is 6.47. The van der Waals surface area contributed by atoms with Gasteiger partial charge in [0.2, 0.25) is 23.8 Å². The second-order valence-corrected chi connectivity index (χ2v) is 16.9. The maximum absolute atomic E-state index is 12.8. The smallest absolute Gasteiger partial charge is 0.295 e. The molecule has 2 aromatic heterocycles. The summed E-state index contributed by atoms with van der Waals surface area (Å²) in [5.41, 5.74) is 3.89. The lowest BCUT2D eigenvalue weighted by Crippen LogP contribution is -2.09. The van der Waals surface area contributed by atoms with Gasteiger partial charge in [-0.1, -0.05) is 115 Å². The molecule has 8 rings (SSSR count). The summed E-state index contributed by atoms with van der Waals surface area (Å²) in [6.07, 6.45) is 3.13. The van der Waals surface area contributed by atoms with Crippen LogP contribution in [-0.4, -0.2) is 55.8 Å². The lowest BCUT2D eigenvalue weighted by molar-refractivity contribution is 0.480. The molecule has 16 nitrogen and oxygen atoms in total. The maximum atomic E-state index is 12.8. The molecule has 64 heavy (non-hydrogen) atoms. The first-order chi connectivity index (χ1) is 30.9. The van der Waals surface area contributed by atoms with E-state index >= 15 is 0 Å². The SMILES string of the molecule is O=S(=O)(O)c1cc(Cc2nc(Cc3ccccc3)nc(Nc3ccccc3)n2)ccc1/C=C/c1ccc(Nc2nc(Nc3ccccc3)nc(Nc3ccccc3)n2)cc1S(=O)(=O)O. The van der Waals surface area contributed by atoms with Crippen molar-refractivity contribution in [3.63, 3.8) is 0 Å². The summed E-state index contributed by atoms with van der Waals surface area (Å²) in [4.78, 5) is 26.3. The molecule has 0 fully saturated rings. The van der Waals surface area contributed by atoms with Crippen LogP contribution in [0.15, 0.2) is 168 Å². The van der Waals surface area contributed by atoms with Crippen LogP contribution < -0.4 is 21.3 Å². The molecule has 0 saturated heterocycles. The number of nitrogens with one attached hydrogen (secondary N) is 4. The Kier molecular flexibility index (Phi) is 12.7. The van der Waals surface area contributed by atoms with E-state index in [1.165, 1.54) is 42.5 Å². The number of hydrogen-bond acceptors (Lipinski definition) is 14. The van der Waals surface area contributed by atoms with Gasteiger partial charge in [-0.05, 0) is 76.9 Å². The van der Waals surface area contributed by atoms with Crippen LogP contribution >= 0.6 is 0 Å². The van der Waals surface area contributed by atoms with Crippen LogP contribution in [-0.2, 0) is 33.1 Å². The average molecular weight is 891 g/mol. The Morgan fingerprint density at radius 3 is 1.22 bits per heavy atom. The number of benzene rings is 6. The van der Waals surface area contributed by atoms with Crippen molar-refractivity contribution in [2.24, 2.45) is 0 Å². The van der Waals surface area contributed by atoms with Gasteiger partial charge >= 0.3 is 0 Å². The Labute approximate surface area is 368 Å². The second kappa shape index (κ2) is 19.0. The molecular weight excluding hydrogens is 853 g/mol. The Balaban J connectivity index is 1.07. The van der Waals surface area contributed by atoms with E-state index in [4.69, 9.17) is 0 Å². The number of anilines is 8. The monoisotopic (exact) mass is 890 g/mol. The zero-order chi connectivity index (χ0) is 44.5. The van der Waals surface area contributed by atoms with Crippen molar-refractivity contribution in [1.29, 1.82) is 0 Å². The van der Waals surface area contributed by atoms with Crippen molar-refractivity contribution in [3.8, 4) is 0 Å². The number of hydrogen-bond donors (Lipinski definition) is 6. The minimum atomic E-state index is -4.84. The first-order valence-corrected chi connectivity index (χ1v) is 22.4. The molecule has 0 amide bonds. The largest absolute Gasteiger partial charge is 0.324 e. The van der Waals surface area contributed by atoms with E-state index in [2.05, 4.69) is 51.2 Å². The van der Waals surface area contributed by atoms with E-state index in [1.54, 1.807) is 6.07 Å². The van der Waals surface area contributed by atoms with Gasteiger partial charge in [0.05, 0.1) is 0 Å². The lowest BCUT2D eigenvalue weighted by Gasteiger charge is -2.13. The molecule has 320 valence electrons. The summed E-state index contributed by atoms with van der Waals surface area (Å²) >= 11 is 0. The first-order valence-electron chi connectivity index (χ1n) is 19.6. The topological polar surface area (TPSA) is 234 Å². The summed E-state index contributed by atoms with van der Waals surface area (Å²) in [5, 5.41) is 12.4. The molecule has 0 aliphatic heterocycles. The molecule has 0 unspecified atom stereocenters. The van der Waals surface area contributed by atoms with Crippen molar-refractivity contribution < 1.29 is 25.9 Å². The molecule has 6 N–H and O–H groups in total. The number of nitrogens with zero attached hydrogens (tertiary/aromatic N) is 6. The highest BCUT2D eigenvalue weighted by Gasteiger charge is 2.19. The minimum absolute atomic E-state index is 0.0153. The maximum Gasteiger partial charge on any atom is 0.295 e. The molecule has 6 aromatic carbocycles. The van der Waals surface area contributed by atoms with Gasteiger partial charge in [0.1, 0.15) is 21.4 Å². The zero-order valence-electron chi connectivity index (χ0n) is 33.6. The van der Waals surface area contributed by atoms with E-state index in [0.29, 0.717) is 41.0 Å². The highest BCUT2D eigenvalue weighted by Crippen LogP contribution is 2.28. The van der Waals surface area contributed by atoms with Gasteiger partial charge in [-0.25, -0.2) is 4.98 Å². The van der Waals surface area contributed by atoms with Crippen LogP contribution in [0.5, 0.6) is 0 Å². The highest BCUT2D eigenvalue weighted by molar-refractivity contribution is 7.86. The van der Waals surface area contributed by atoms with Crippen LogP contribution in [0.4, 0.5) is 46.5 Å². The van der Waals surface area contributed by atoms with Crippen molar-refractivity contribution in [2.45, 2.75) is 22.6 Å². The number of aromatic nitrogens is 6. The Morgan fingerprint density at radius 2 is 0.766 bits per heavy atom. The molecule has 0 bridgehead atoms. The molecule has 0 saturated carbocycles. The summed E-state index contributed by atoms with van der Waals surface area (Å²) in [5.74, 6) is 1.55. The van der Waals surface area contributed by atoms with Gasteiger partial charge in [-0.15, -0.1) is 0 Å². The molecule has 18 heteroatoms. The third-order valence-corrected chi connectivity index (χ3v) is 11.2. The molecule has 0 aliphatic carbocycles. The van der Waals surface area contributed by atoms with Gasteiger partial charge < -0.3 is 21.3 Å². The molecular formula is C46H38N10O6S2. The van der Waals surface area contributed by atoms with Crippen molar-refractivity contribution in [1.82, 2.24) is 29.9 Å². The van der Waals surface area contributed by atoms with E-state index in [9.17, 15) is 25.9 Å². The van der Waals surface area contributed by atoms with E-state index in [-0.39, 0.29) is 41.1 Å². The summed E-state index contributed by atoms with van der Waals surface area (Å²) in [6, 6.07) is 46.0. The van der Waals surface area contributed by atoms with Gasteiger partial charge in [-0.3, -0.25) is 9.11 Å². The van der Waals surface area contributed by atoms with Gasteiger partial charge in [0.25, 0.3) is 20.2 Å². The van der Waals surface area contributed by atoms with Crippen LogP contribution in [0, 0.1) is 0 Å². The van der Waals surface area contributed by atoms with Gasteiger partial charge in [0.15, 0.2) is 0 Å².